The lowest BCUT2D eigenvalue weighted by atomic mass is 10.0. The third-order valence-electron chi connectivity index (χ3n) is 4.69. The quantitative estimate of drug-likeness (QED) is 0.478. The third kappa shape index (κ3) is 2.82. The molecular weight excluding hydrogens is 377 g/mol. The molecule has 0 bridgehead atoms. The summed E-state index contributed by atoms with van der Waals surface area (Å²) in [7, 11) is -4.01. The molecule has 0 N–H and O–H groups in total. The van der Waals surface area contributed by atoms with Crippen molar-refractivity contribution in [2.75, 3.05) is 0 Å². The molecule has 28 heavy (non-hydrogen) atoms. The zero-order valence-corrected chi connectivity index (χ0v) is 15.8. The van der Waals surface area contributed by atoms with Crippen LogP contribution < -0.4 is 0 Å². The molecule has 0 atom stereocenters. The number of benzene rings is 3. The van der Waals surface area contributed by atoms with Gasteiger partial charge < -0.3 is 0 Å². The standard InChI is InChI=1S/C22H16FNO3S/c1-15-19-9-5-6-10-20(19)24(28(26,27)18-7-3-2-4-8-18)21(15)22(25)16-11-13-17(23)14-12-16/h2-14H,1H3. The number of ketones is 1. The predicted octanol–water partition coefficient (Wildman–Crippen LogP) is 4.56. The summed E-state index contributed by atoms with van der Waals surface area (Å²) in [5.41, 5.74) is 1.26. The Hall–Kier alpha value is -3.25. The van der Waals surface area contributed by atoms with Gasteiger partial charge in [-0.1, -0.05) is 36.4 Å². The minimum atomic E-state index is -4.01. The zero-order valence-electron chi connectivity index (χ0n) is 15.0. The highest BCUT2D eigenvalue weighted by Crippen LogP contribution is 2.31. The number of hydrogen-bond acceptors (Lipinski definition) is 3. The maximum atomic E-state index is 13.4. The molecule has 1 heterocycles. The van der Waals surface area contributed by atoms with Gasteiger partial charge in [0.15, 0.2) is 0 Å². The van der Waals surface area contributed by atoms with Crippen LogP contribution in [-0.2, 0) is 10.0 Å². The van der Waals surface area contributed by atoms with Gasteiger partial charge in [0.1, 0.15) is 11.5 Å². The van der Waals surface area contributed by atoms with Crippen LogP contribution in [0.5, 0.6) is 0 Å². The molecule has 3 aromatic carbocycles. The van der Waals surface area contributed by atoms with Crippen LogP contribution >= 0.6 is 0 Å². The lowest BCUT2D eigenvalue weighted by Gasteiger charge is -2.12. The van der Waals surface area contributed by atoms with Crippen molar-refractivity contribution >= 4 is 26.7 Å². The minimum absolute atomic E-state index is 0.0525. The monoisotopic (exact) mass is 393 g/mol. The number of fused-ring (bicyclic) bond motifs is 1. The second-order valence-corrected chi connectivity index (χ2v) is 8.20. The van der Waals surface area contributed by atoms with Gasteiger partial charge >= 0.3 is 0 Å². The summed E-state index contributed by atoms with van der Waals surface area (Å²) in [6.07, 6.45) is 0. The molecule has 4 aromatic rings. The summed E-state index contributed by atoms with van der Waals surface area (Å²) in [5, 5.41) is 0.674. The largest absolute Gasteiger partial charge is 0.287 e. The van der Waals surface area contributed by atoms with E-state index in [0.717, 1.165) is 3.97 Å². The summed E-state index contributed by atoms with van der Waals surface area (Å²) in [5.74, 6) is -0.945. The summed E-state index contributed by atoms with van der Waals surface area (Å²) in [4.78, 5) is 13.3. The van der Waals surface area contributed by atoms with E-state index in [0.29, 0.717) is 16.5 Å². The number of para-hydroxylation sites is 1. The fourth-order valence-corrected chi connectivity index (χ4v) is 4.91. The number of halogens is 1. The summed E-state index contributed by atoms with van der Waals surface area (Å²) in [6, 6.07) is 20.0. The van der Waals surface area contributed by atoms with E-state index in [1.165, 1.54) is 36.4 Å². The maximum absolute atomic E-state index is 13.4. The van der Waals surface area contributed by atoms with Crippen LogP contribution in [0.1, 0.15) is 21.6 Å². The van der Waals surface area contributed by atoms with Gasteiger partial charge in [0.25, 0.3) is 10.0 Å². The van der Waals surface area contributed by atoms with Crippen molar-refractivity contribution in [1.82, 2.24) is 3.97 Å². The number of aryl methyl sites for hydroxylation is 1. The van der Waals surface area contributed by atoms with E-state index in [1.807, 2.05) is 0 Å². The molecule has 4 rings (SSSR count). The van der Waals surface area contributed by atoms with Crippen LogP contribution in [0.3, 0.4) is 0 Å². The third-order valence-corrected chi connectivity index (χ3v) is 6.42. The van der Waals surface area contributed by atoms with E-state index in [4.69, 9.17) is 0 Å². The van der Waals surface area contributed by atoms with Crippen LogP contribution in [-0.4, -0.2) is 18.2 Å². The molecule has 0 radical (unpaired) electrons. The molecule has 0 spiro atoms. The van der Waals surface area contributed by atoms with Crippen molar-refractivity contribution in [3.8, 4) is 0 Å². The van der Waals surface area contributed by atoms with Crippen molar-refractivity contribution in [3.63, 3.8) is 0 Å². The normalized spacial score (nSPS) is 11.6. The fraction of sp³-hybridized carbons (Fsp3) is 0.0455. The highest BCUT2D eigenvalue weighted by atomic mass is 32.2. The topological polar surface area (TPSA) is 56.1 Å². The minimum Gasteiger partial charge on any atom is -0.287 e. The number of nitrogens with zero attached hydrogens (tertiary/aromatic N) is 1. The molecule has 0 aliphatic carbocycles. The molecule has 6 heteroatoms. The first-order valence-electron chi connectivity index (χ1n) is 8.62. The van der Waals surface area contributed by atoms with Gasteiger partial charge in [-0.3, -0.25) is 4.79 Å². The van der Waals surface area contributed by atoms with Crippen molar-refractivity contribution in [1.29, 1.82) is 0 Å². The molecular formula is C22H16FNO3S. The first kappa shape index (κ1) is 18.1. The molecule has 0 fully saturated rings. The Kier molecular flexibility index (Phi) is 4.35. The summed E-state index contributed by atoms with van der Waals surface area (Å²) < 4.78 is 41.2. The first-order valence-corrected chi connectivity index (χ1v) is 10.1. The van der Waals surface area contributed by atoms with E-state index < -0.39 is 21.6 Å². The molecule has 0 unspecified atom stereocenters. The number of carbonyl (C=O) groups excluding carboxylic acids is 1. The molecule has 140 valence electrons. The second kappa shape index (κ2) is 6.73. The van der Waals surface area contributed by atoms with Crippen molar-refractivity contribution in [2.24, 2.45) is 0 Å². The summed E-state index contributed by atoms with van der Waals surface area (Å²) >= 11 is 0. The van der Waals surface area contributed by atoms with Crippen molar-refractivity contribution in [3.05, 3.63) is 102 Å². The van der Waals surface area contributed by atoms with Crippen LogP contribution in [0.2, 0.25) is 0 Å². The Morgan fingerprint density at radius 2 is 1.46 bits per heavy atom. The van der Waals surface area contributed by atoms with Crippen molar-refractivity contribution < 1.29 is 17.6 Å². The lowest BCUT2D eigenvalue weighted by molar-refractivity contribution is 0.103. The molecule has 0 amide bonds. The van der Waals surface area contributed by atoms with Gasteiger partial charge in [-0.2, -0.15) is 0 Å². The van der Waals surface area contributed by atoms with E-state index in [2.05, 4.69) is 0 Å². The summed E-state index contributed by atoms with van der Waals surface area (Å²) in [6.45, 7) is 1.72. The Morgan fingerprint density at radius 1 is 0.857 bits per heavy atom. The average Bonchev–Trinajstić information content (AvgIpc) is 3.02. The predicted molar refractivity (Wildman–Crippen MR) is 106 cm³/mol. The van der Waals surface area contributed by atoms with Crippen LogP contribution in [0, 0.1) is 12.7 Å². The van der Waals surface area contributed by atoms with Gasteiger partial charge in [0, 0.05) is 10.9 Å². The van der Waals surface area contributed by atoms with E-state index in [-0.39, 0.29) is 16.2 Å². The average molecular weight is 393 g/mol. The van der Waals surface area contributed by atoms with Crippen LogP contribution in [0.4, 0.5) is 4.39 Å². The van der Waals surface area contributed by atoms with Gasteiger partial charge in [-0.25, -0.2) is 16.8 Å². The van der Waals surface area contributed by atoms with E-state index >= 15 is 0 Å². The van der Waals surface area contributed by atoms with Gasteiger partial charge in [0.2, 0.25) is 5.78 Å². The Labute approximate surface area is 161 Å². The number of rotatable bonds is 4. The van der Waals surface area contributed by atoms with Crippen LogP contribution in [0.15, 0.2) is 83.8 Å². The number of aromatic nitrogens is 1. The van der Waals surface area contributed by atoms with Gasteiger partial charge in [0.05, 0.1) is 10.4 Å². The van der Waals surface area contributed by atoms with Gasteiger partial charge in [-0.05, 0) is 55.0 Å². The van der Waals surface area contributed by atoms with Gasteiger partial charge in [-0.15, -0.1) is 0 Å². The lowest BCUT2D eigenvalue weighted by Crippen LogP contribution is -2.19. The Bertz CT molecular complexity index is 1290. The molecule has 4 nitrogen and oxygen atoms in total. The Balaban J connectivity index is 2.04. The zero-order chi connectivity index (χ0) is 19.9. The smallest absolute Gasteiger partial charge is 0.268 e. The van der Waals surface area contributed by atoms with E-state index in [9.17, 15) is 17.6 Å². The molecule has 0 aliphatic heterocycles. The highest BCUT2D eigenvalue weighted by molar-refractivity contribution is 7.90. The Morgan fingerprint density at radius 3 is 2.14 bits per heavy atom. The second-order valence-electron chi connectivity index (χ2n) is 6.41. The molecule has 1 aromatic heterocycles. The maximum Gasteiger partial charge on any atom is 0.268 e. The molecule has 0 saturated heterocycles. The van der Waals surface area contributed by atoms with Crippen molar-refractivity contribution in [2.45, 2.75) is 11.8 Å². The van der Waals surface area contributed by atoms with E-state index in [1.54, 1.807) is 49.4 Å². The molecule has 0 saturated carbocycles. The van der Waals surface area contributed by atoms with Crippen LogP contribution in [0.25, 0.3) is 10.9 Å². The SMILES string of the molecule is Cc1c(C(=O)c2ccc(F)cc2)n(S(=O)(=O)c2ccccc2)c2ccccc12. The fourth-order valence-electron chi connectivity index (χ4n) is 3.32. The highest BCUT2D eigenvalue weighted by Gasteiger charge is 2.29. The number of hydrogen-bond donors (Lipinski definition) is 0. The first-order chi connectivity index (χ1) is 13.4. The molecule has 0 aliphatic rings. The number of carbonyl (C=O) groups is 1.